The van der Waals surface area contributed by atoms with Gasteiger partial charge in [0.2, 0.25) is 5.91 Å². The van der Waals surface area contributed by atoms with E-state index in [1.807, 2.05) is 36.4 Å². The summed E-state index contributed by atoms with van der Waals surface area (Å²) in [6, 6.07) is 11.4. The van der Waals surface area contributed by atoms with Gasteiger partial charge in [-0.05, 0) is 42.7 Å². The highest BCUT2D eigenvalue weighted by Gasteiger charge is 2.46. The summed E-state index contributed by atoms with van der Waals surface area (Å²) in [6.45, 7) is 0.393. The van der Waals surface area contributed by atoms with E-state index >= 15 is 0 Å². The maximum atomic E-state index is 14.7. The molecule has 4 rings (SSSR count). The molecule has 0 aliphatic heterocycles. The van der Waals surface area contributed by atoms with Gasteiger partial charge in [-0.2, -0.15) is 8.78 Å². The zero-order chi connectivity index (χ0) is 25.6. The second-order valence-electron chi connectivity index (χ2n) is 9.07. The SMILES string of the molecule is NC(=O)C1(NC(=O)C(F)(F)CCn2cc(-c3cccc(NCc4ccncc4)c3)nn2)CCCCC1. The molecule has 4 N–H and O–H groups in total. The van der Waals surface area contributed by atoms with Gasteiger partial charge in [0.1, 0.15) is 11.2 Å². The van der Waals surface area contributed by atoms with Crippen molar-refractivity contribution in [2.45, 2.75) is 63.1 Å². The van der Waals surface area contributed by atoms with Crippen LogP contribution in [-0.4, -0.2) is 43.3 Å². The van der Waals surface area contributed by atoms with Crippen molar-refractivity contribution in [3.05, 3.63) is 60.6 Å². The molecule has 0 saturated heterocycles. The first-order valence-electron chi connectivity index (χ1n) is 11.9. The van der Waals surface area contributed by atoms with E-state index < -0.39 is 29.7 Å². The zero-order valence-corrected chi connectivity index (χ0v) is 19.8. The standard InChI is InChI=1S/C25H29F2N7O2/c26-25(27,23(36)31-24(22(28)35)9-2-1-3-10-24)11-14-34-17-21(32-33-34)19-5-4-6-20(15-19)30-16-18-7-12-29-13-8-18/h4-8,12-13,15,17,30H,1-3,9-11,14,16H2,(H2,28,35)(H,31,36). The highest BCUT2D eigenvalue weighted by atomic mass is 19.3. The first-order chi connectivity index (χ1) is 17.3. The molecular weight excluding hydrogens is 468 g/mol. The van der Waals surface area contributed by atoms with Gasteiger partial charge in [0.25, 0.3) is 5.91 Å². The van der Waals surface area contributed by atoms with Gasteiger partial charge in [0.15, 0.2) is 0 Å². The summed E-state index contributed by atoms with van der Waals surface area (Å²) in [5.41, 5.74) is 7.28. The number of pyridine rings is 1. The Morgan fingerprint density at radius 2 is 1.86 bits per heavy atom. The van der Waals surface area contributed by atoms with Crippen molar-refractivity contribution in [3.63, 3.8) is 0 Å². The van der Waals surface area contributed by atoms with Gasteiger partial charge in [-0.3, -0.25) is 19.3 Å². The third-order valence-corrected chi connectivity index (χ3v) is 6.46. The van der Waals surface area contributed by atoms with Crippen LogP contribution in [0.2, 0.25) is 0 Å². The van der Waals surface area contributed by atoms with Gasteiger partial charge in [-0.15, -0.1) is 5.10 Å². The molecular formula is C25H29F2N7O2. The van der Waals surface area contributed by atoms with Crippen LogP contribution in [0.15, 0.2) is 55.0 Å². The molecule has 190 valence electrons. The highest BCUT2D eigenvalue weighted by molar-refractivity contribution is 5.93. The number of halogens is 2. The van der Waals surface area contributed by atoms with E-state index in [0.717, 1.165) is 23.2 Å². The van der Waals surface area contributed by atoms with Crippen molar-refractivity contribution >= 4 is 17.5 Å². The van der Waals surface area contributed by atoms with E-state index in [9.17, 15) is 18.4 Å². The number of hydrogen-bond donors (Lipinski definition) is 3. The Bertz CT molecular complexity index is 1190. The van der Waals surface area contributed by atoms with Crippen molar-refractivity contribution < 1.29 is 18.4 Å². The van der Waals surface area contributed by atoms with Crippen molar-refractivity contribution in [2.24, 2.45) is 5.73 Å². The Morgan fingerprint density at radius 3 is 2.58 bits per heavy atom. The van der Waals surface area contributed by atoms with E-state index in [1.165, 1.54) is 4.68 Å². The number of carbonyl (C=O) groups is 2. The summed E-state index contributed by atoms with van der Waals surface area (Å²) in [4.78, 5) is 28.3. The average Bonchev–Trinajstić information content (AvgIpc) is 3.37. The van der Waals surface area contributed by atoms with E-state index in [2.05, 4.69) is 25.9 Å². The number of aryl methyl sites for hydroxylation is 1. The summed E-state index contributed by atoms with van der Waals surface area (Å²) < 4.78 is 30.6. The van der Waals surface area contributed by atoms with Gasteiger partial charge in [0, 0.05) is 43.2 Å². The van der Waals surface area contributed by atoms with E-state index in [0.29, 0.717) is 25.1 Å². The van der Waals surface area contributed by atoms with Crippen LogP contribution in [0.3, 0.4) is 0 Å². The third kappa shape index (κ3) is 6.02. The first-order valence-corrected chi connectivity index (χ1v) is 11.9. The predicted octanol–water partition coefficient (Wildman–Crippen LogP) is 3.28. The molecule has 1 aliphatic rings. The Morgan fingerprint density at radius 1 is 1.11 bits per heavy atom. The molecule has 1 fully saturated rings. The maximum Gasteiger partial charge on any atom is 0.326 e. The number of primary amides is 1. The number of aromatic nitrogens is 4. The number of hydrogen-bond acceptors (Lipinski definition) is 6. The molecule has 2 aromatic heterocycles. The largest absolute Gasteiger partial charge is 0.381 e. The summed E-state index contributed by atoms with van der Waals surface area (Å²) >= 11 is 0. The predicted molar refractivity (Wildman–Crippen MR) is 130 cm³/mol. The molecule has 9 nitrogen and oxygen atoms in total. The number of alkyl halides is 2. The summed E-state index contributed by atoms with van der Waals surface area (Å²) in [5.74, 6) is -5.95. The van der Waals surface area contributed by atoms with Crippen LogP contribution in [0.1, 0.15) is 44.1 Å². The van der Waals surface area contributed by atoms with Crippen molar-refractivity contribution in [1.82, 2.24) is 25.3 Å². The summed E-state index contributed by atoms with van der Waals surface area (Å²) in [5, 5.41) is 13.6. The van der Waals surface area contributed by atoms with Crippen LogP contribution in [0.25, 0.3) is 11.3 Å². The van der Waals surface area contributed by atoms with Crippen LogP contribution >= 0.6 is 0 Å². The summed E-state index contributed by atoms with van der Waals surface area (Å²) in [6.07, 6.45) is 6.94. The third-order valence-electron chi connectivity index (χ3n) is 6.46. The van der Waals surface area contributed by atoms with Crippen molar-refractivity contribution in [1.29, 1.82) is 0 Å². The molecule has 2 amide bonds. The fourth-order valence-corrected chi connectivity index (χ4v) is 4.30. The monoisotopic (exact) mass is 497 g/mol. The normalized spacial score (nSPS) is 15.3. The average molecular weight is 498 g/mol. The number of anilines is 1. The van der Waals surface area contributed by atoms with Crippen molar-refractivity contribution in [2.75, 3.05) is 5.32 Å². The Balaban J connectivity index is 1.35. The molecule has 0 radical (unpaired) electrons. The summed E-state index contributed by atoms with van der Waals surface area (Å²) in [7, 11) is 0. The fraction of sp³-hybridized carbons (Fsp3) is 0.400. The minimum Gasteiger partial charge on any atom is -0.381 e. The van der Waals surface area contributed by atoms with Crippen molar-refractivity contribution in [3.8, 4) is 11.3 Å². The number of rotatable bonds is 10. The maximum absolute atomic E-state index is 14.7. The molecule has 1 aromatic carbocycles. The lowest BCUT2D eigenvalue weighted by Crippen LogP contribution is -2.61. The number of nitrogens with two attached hydrogens (primary N) is 1. The van der Waals surface area contributed by atoms with Crippen LogP contribution in [0, 0.1) is 0 Å². The molecule has 1 saturated carbocycles. The molecule has 0 unspecified atom stereocenters. The van der Waals surface area contributed by atoms with E-state index in [-0.39, 0.29) is 19.4 Å². The van der Waals surface area contributed by atoms with Gasteiger partial charge in [0.05, 0.1) is 6.20 Å². The fourth-order valence-electron chi connectivity index (χ4n) is 4.30. The molecule has 11 heteroatoms. The molecule has 0 bridgehead atoms. The van der Waals surface area contributed by atoms with E-state index in [4.69, 9.17) is 5.73 Å². The minimum atomic E-state index is -3.69. The number of nitrogens with zero attached hydrogens (tertiary/aromatic N) is 4. The smallest absolute Gasteiger partial charge is 0.326 e. The quantitative estimate of drug-likeness (QED) is 0.394. The zero-order valence-electron chi connectivity index (χ0n) is 19.8. The molecule has 1 aliphatic carbocycles. The van der Waals surface area contributed by atoms with E-state index in [1.54, 1.807) is 18.6 Å². The number of benzene rings is 1. The van der Waals surface area contributed by atoms with Crippen LogP contribution in [0.4, 0.5) is 14.5 Å². The van der Waals surface area contributed by atoms with Gasteiger partial charge >= 0.3 is 5.92 Å². The van der Waals surface area contributed by atoms with Gasteiger partial charge < -0.3 is 16.4 Å². The highest BCUT2D eigenvalue weighted by Crippen LogP contribution is 2.30. The molecule has 3 aromatic rings. The Hall–Kier alpha value is -3.89. The lowest BCUT2D eigenvalue weighted by molar-refractivity contribution is -0.152. The topological polar surface area (TPSA) is 128 Å². The van der Waals surface area contributed by atoms with Gasteiger partial charge in [-0.1, -0.05) is 36.6 Å². The van der Waals surface area contributed by atoms with Crippen LogP contribution in [-0.2, 0) is 22.7 Å². The minimum absolute atomic E-state index is 0.225. The number of nitrogens with one attached hydrogen (secondary N) is 2. The second kappa shape index (κ2) is 10.8. The molecule has 0 atom stereocenters. The molecule has 2 heterocycles. The molecule has 36 heavy (non-hydrogen) atoms. The Kier molecular flexibility index (Phi) is 7.56. The second-order valence-corrected chi connectivity index (χ2v) is 9.07. The Labute approximate surface area is 207 Å². The first kappa shape index (κ1) is 25.2. The lowest BCUT2D eigenvalue weighted by atomic mass is 9.81. The van der Waals surface area contributed by atoms with Gasteiger partial charge in [-0.25, -0.2) is 0 Å². The van der Waals surface area contributed by atoms with Crippen LogP contribution in [0.5, 0.6) is 0 Å². The number of carbonyl (C=O) groups excluding carboxylic acids is 2. The number of amides is 2. The van der Waals surface area contributed by atoms with Crippen LogP contribution < -0.4 is 16.4 Å². The lowest BCUT2D eigenvalue weighted by Gasteiger charge is -2.36. The molecule has 0 spiro atoms.